The summed E-state index contributed by atoms with van der Waals surface area (Å²) in [4.78, 5) is 33.7. The summed E-state index contributed by atoms with van der Waals surface area (Å²) in [5, 5.41) is 0.481. The molecule has 0 N–H and O–H groups in total. The first-order chi connectivity index (χ1) is 12.1. The Hall–Kier alpha value is -2.80. The number of hydrogen-bond acceptors (Lipinski definition) is 6. The summed E-state index contributed by atoms with van der Waals surface area (Å²) in [7, 11) is 1.51. The van der Waals surface area contributed by atoms with Crippen molar-refractivity contribution in [2.24, 2.45) is 0 Å². The standard InChI is InChI=1S/C18H17N3O3S/c1-12-17(15(22)6-5-13-4-3-8-19-11-13)25-18(20-12)21-9-7-14(24-2)10-16(21)23/h3-4,7-11H,5-6H2,1-2H3. The maximum Gasteiger partial charge on any atom is 0.260 e. The number of ether oxygens (including phenoxy) is 1. The molecule has 0 spiro atoms. The fourth-order valence-corrected chi connectivity index (χ4v) is 3.43. The van der Waals surface area contributed by atoms with Crippen molar-refractivity contribution in [3.63, 3.8) is 0 Å². The lowest BCUT2D eigenvalue weighted by atomic mass is 10.1. The van der Waals surface area contributed by atoms with Gasteiger partial charge in [0.05, 0.1) is 17.7 Å². The molecule has 7 heteroatoms. The van der Waals surface area contributed by atoms with Gasteiger partial charge in [-0.2, -0.15) is 0 Å². The molecular weight excluding hydrogens is 338 g/mol. The Kier molecular flexibility index (Phi) is 5.04. The fourth-order valence-electron chi connectivity index (χ4n) is 2.41. The number of thiazole rings is 1. The zero-order valence-electron chi connectivity index (χ0n) is 13.9. The molecule has 0 atom stereocenters. The van der Waals surface area contributed by atoms with Crippen molar-refractivity contribution < 1.29 is 9.53 Å². The highest BCUT2D eigenvalue weighted by Crippen LogP contribution is 2.23. The van der Waals surface area contributed by atoms with Gasteiger partial charge in [-0.3, -0.25) is 19.1 Å². The summed E-state index contributed by atoms with van der Waals surface area (Å²) < 4.78 is 6.45. The predicted molar refractivity (Wildman–Crippen MR) is 95.9 cm³/mol. The Bertz CT molecular complexity index is 948. The third kappa shape index (κ3) is 3.83. The molecular formula is C18H17N3O3S. The Balaban J connectivity index is 1.80. The van der Waals surface area contributed by atoms with E-state index in [0.717, 1.165) is 5.56 Å². The molecule has 128 valence electrons. The van der Waals surface area contributed by atoms with Gasteiger partial charge in [0.25, 0.3) is 5.56 Å². The Morgan fingerprint density at radius 3 is 2.88 bits per heavy atom. The monoisotopic (exact) mass is 355 g/mol. The second-order valence-electron chi connectivity index (χ2n) is 5.47. The molecule has 0 aliphatic rings. The number of pyridine rings is 2. The number of carbonyl (C=O) groups excluding carboxylic acids is 1. The Morgan fingerprint density at radius 1 is 1.36 bits per heavy atom. The summed E-state index contributed by atoms with van der Waals surface area (Å²) in [5.74, 6) is 0.508. The van der Waals surface area contributed by atoms with Gasteiger partial charge < -0.3 is 4.74 Å². The van der Waals surface area contributed by atoms with Crippen molar-refractivity contribution in [3.8, 4) is 10.9 Å². The smallest absolute Gasteiger partial charge is 0.260 e. The van der Waals surface area contributed by atoms with Gasteiger partial charge in [-0.05, 0) is 31.0 Å². The van der Waals surface area contributed by atoms with E-state index in [0.29, 0.717) is 34.3 Å². The maximum absolute atomic E-state index is 12.5. The lowest BCUT2D eigenvalue weighted by Crippen LogP contribution is -2.16. The molecule has 0 amide bonds. The van der Waals surface area contributed by atoms with E-state index < -0.39 is 0 Å². The predicted octanol–water partition coefficient (Wildman–Crippen LogP) is 2.82. The number of rotatable bonds is 6. The maximum atomic E-state index is 12.5. The molecule has 0 saturated carbocycles. The van der Waals surface area contributed by atoms with E-state index in [1.165, 1.54) is 29.1 Å². The second kappa shape index (κ2) is 7.40. The van der Waals surface area contributed by atoms with Gasteiger partial charge >= 0.3 is 0 Å². The first-order valence-corrected chi connectivity index (χ1v) is 8.56. The third-order valence-electron chi connectivity index (χ3n) is 3.73. The van der Waals surface area contributed by atoms with Crippen LogP contribution in [-0.4, -0.2) is 27.4 Å². The van der Waals surface area contributed by atoms with Gasteiger partial charge in [-0.15, -0.1) is 0 Å². The van der Waals surface area contributed by atoms with Gasteiger partial charge in [-0.25, -0.2) is 4.98 Å². The van der Waals surface area contributed by atoms with Crippen LogP contribution in [0.4, 0.5) is 0 Å². The van der Waals surface area contributed by atoms with Gasteiger partial charge in [0, 0.05) is 31.1 Å². The number of aromatic nitrogens is 3. The van der Waals surface area contributed by atoms with Crippen LogP contribution in [-0.2, 0) is 6.42 Å². The minimum Gasteiger partial charge on any atom is -0.497 e. The van der Waals surface area contributed by atoms with Crippen molar-refractivity contribution in [1.82, 2.24) is 14.5 Å². The van der Waals surface area contributed by atoms with Crippen LogP contribution in [0.5, 0.6) is 5.75 Å². The number of hydrogen-bond donors (Lipinski definition) is 0. The molecule has 3 heterocycles. The highest BCUT2D eigenvalue weighted by Gasteiger charge is 2.17. The molecule has 3 aromatic rings. The van der Waals surface area contributed by atoms with E-state index in [-0.39, 0.29) is 11.3 Å². The normalized spacial score (nSPS) is 10.6. The number of nitrogens with zero attached hydrogens (tertiary/aromatic N) is 3. The van der Waals surface area contributed by atoms with Gasteiger partial charge in [0.2, 0.25) is 0 Å². The summed E-state index contributed by atoms with van der Waals surface area (Å²) in [6.07, 6.45) is 6.07. The Morgan fingerprint density at radius 2 is 2.20 bits per heavy atom. The highest BCUT2D eigenvalue weighted by molar-refractivity contribution is 7.16. The van der Waals surface area contributed by atoms with Gasteiger partial charge in [0.15, 0.2) is 10.9 Å². The van der Waals surface area contributed by atoms with E-state index in [1.807, 2.05) is 12.1 Å². The number of aryl methyl sites for hydroxylation is 2. The molecule has 3 rings (SSSR count). The van der Waals surface area contributed by atoms with Crippen LogP contribution < -0.4 is 10.3 Å². The number of methoxy groups -OCH3 is 1. The van der Waals surface area contributed by atoms with Crippen LogP contribution in [0.1, 0.15) is 27.3 Å². The van der Waals surface area contributed by atoms with Crippen molar-refractivity contribution in [3.05, 3.63) is 69.3 Å². The highest BCUT2D eigenvalue weighted by atomic mass is 32.1. The zero-order valence-corrected chi connectivity index (χ0v) is 14.7. The van der Waals surface area contributed by atoms with Crippen molar-refractivity contribution in [2.45, 2.75) is 19.8 Å². The van der Waals surface area contributed by atoms with Crippen molar-refractivity contribution >= 4 is 17.1 Å². The first-order valence-electron chi connectivity index (χ1n) is 7.75. The topological polar surface area (TPSA) is 74.1 Å². The van der Waals surface area contributed by atoms with E-state index >= 15 is 0 Å². The van der Waals surface area contributed by atoms with Crippen molar-refractivity contribution in [2.75, 3.05) is 7.11 Å². The quantitative estimate of drug-likeness (QED) is 0.636. The van der Waals surface area contributed by atoms with Crippen molar-refractivity contribution in [1.29, 1.82) is 0 Å². The second-order valence-corrected chi connectivity index (χ2v) is 6.45. The number of Topliss-reactive ketones (excluding diaryl/α,β-unsaturated/α-hetero) is 1. The zero-order chi connectivity index (χ0) is 17.8. The van der Waals surface area contributed by atoms with Gasteiger partial charge in [0.1, 0.15) is 5.75 Å². The summed E-state index contributed by atoms with van der Waals surface area (Å²) >= 11 is 1.23. The SMILES string of the molecule is COc1ccn(-c2nc(C)c(C(=O)CCc3cccnc3)s2)c(=O)c1. The largest absolute Gasteiger partial charge is 0.497 e. The molecule has 0 aromatic carbocycles. The van der Waals surface area contributed by atoms with Crippen LogP contribution in [0.25, 0.3) is 5.13 Å². The third-order valence-corrected chi connectivity index (χ3v) is 4.93. The van der Waals surface area contributed by atoms with Crippen LogP contribution in [0.2, 0.25) is 0 Å². The minimum atomic E-state index is -0.248. The molecule has 3 aromatic heterocycles. The Labute approximate surface area is 148 Å². The minimum absolute atomic E-state index is 0.0201. The molecule has 0 aliphatic carbocycles. The van der Waals surface area contributed by atoms with Gasteiger partial charge in [-0.1, -0.05) is 17.4 Å². The van der Waals surface area contributed by atoms with Crippen LogP contribution in [0.15, 0.2) is 47.7 Å². The average Bonchev–Trinajstić information content (AvgIpc) is 3.02. The summed E-state index contributed by atoms with van der Waals surface area (Å²) in [6.45, 7) is 1.78. The fraction of sp³-hybridized carbons (Fsp3) is 0.222. The van der Waals surface area contributed by atoms with Crippen LogP contribution in [0.3, 0.4) is 0 Å². The molecule has 0 bridgehead atoms. The van der Waals surface area contributed by atoms with E-state index in [9.17, 15) is 9.59 Å². The summed E-state index contributed by atoms with van der Waals surface area (Å²) in [6, 6.07) is 6.87. The lowest BCUT2D eigenvalue weighted by molar-refractivity contribution is 0.0986. The van der Waals surface area contributed by atoms with Crippen LogP contribution in [0, 0.1) is 6.92 Å². The first kappa shape index (κ1) is 17.0. The average molecular weight is 355 g/mol. The molecule has 6 nitrogen and oxygen atoms in total. The lowest BCUT2D eigenvalue weighted by Gasteiger charge is -2.02. The molecule has 25 heavy (non-hydrogen) atoms. The molecule has 0 fully saturated rings. The summed E-state index contributed by atoms with van der Waals surface area (Å²) in [5.41, 5.74) is 1.41. The number of ketones is 1. The molecule has 0 saturated heterocycles. The number of carbonyl (C=O) groups is 1. The molecule has 0 unspecified atom stereocenters. The molecule has 0 aliphatic heterocycles. The van der Waals surface area contributed by atoms with E-state index in [1.54, 1.807) is 31.6 Å². The van der Waals surface area contributed by atoms with E-state index in [2.05, 4.69) is 9.97 Å². The van der Waals surface area contributed by atoms with E-state index in [4.69, 9.17) is 4.74 Å². The molecule has 0 radical (unpaired) electrons. The van der Waals surface area contributed by atoms with Crippen LogP contribution >= 0.6 is 11.3 Å².